The van der Waals surface area contributed by atoms with Gasteiger partial charge in [0.1, 0.15) is 5.75 Å². The Morgan fingerprint density at radius 3 is 2.74 bits per heavy atom. The van der Waals surface area contributed by atoms with E-state index in [0.717, 1.165) is 12.3 Å². The summed E-state index contributed by atoms with van der Waals surface area (Å²) in [6.07, 6.45) is 5.39. The van der Waals surface area contributed by atoms with Crippen LogP contribution >= 0.6 is 0 Å². The maximum atomic E-state index is 5.31. The second-order valence-corrected chi connectivity index (χ2v) is 6.47. The molecule has 0 bridgehead atoms. The van der Waals surface area contributed by atoms with Gasteiger partial charge in [0.15, 0.2) is 0 Å². The van der Waals surface area contributed by atoms with Crippen molar-refractivity contribution in [1.29, 1.82) is 0 Å². The minimum atomic E-state index is 0.430. The van der Waals surface area contributed by atoms with E-state index in [2.05, 4.69) is 44.3 Å². The van der Waals surface area contributed by atoms with E-state index in [-0.39, 0.29) is 0 Å². The van der Waals surface area contributed by atoms with Gasteiger partial charge in [-0.25, -0.2) is 0 Å². The normalized spacial score (nSPS) is 22.2. The summed E-state index contributed by atoms with van der Waals surface area (Å²) in [5, 5.41) is 3.75. The summed E-state index contributed by atoms with van der Waals surface area (Å²) in [4.78, 5) is 0. The zero-order chi connectivity index (χ0) is 13.9. The molecule has 1 aliphatic rings. The van der Waals surface area contributed by atoms with Gasteiger partial charge >= 0.3 is 0 Å². The van der Waals surface area contributed by atoms with Crippen molar-refractivity contribution >= 4 is 0 Å². The van der Waals surface area contributed by atoms with E-state index >= 15 is 0 Å². The van der Waals surface area contributed by atoms with Crippen LogP contribution in [0.4, 0.5) is 0 Å². The highest BCUT2D eigenvalue weighted by Gasteiger charge is 2.31. The standard InChI is InChI=1S/C17H27NO/c1-13-11-14(8-9-15(13)19-4)12-18-16-7-5-6-10-17(16,2)3/h8-9,11,16,18H,5-7,10,12H2,1-4H3. The van der Waals surface area contributed by atoms with E-state index in [0.29, 0.717) is 11.5 Å². The quantitative estimate of drug-likeness (QED) is 0.882. The van der Waals surface area contributed by atoms with E-state index in [1.54, 1.807) is 7.11 Å². The summed E-state index contributed by atoms with van der Waals surface area (Å²) in [6.45, 7) is 7.85. The van der Waals surface area contributed by atoms with Crippen LogP contribution in [0.25, 0.3) is 0 Å². The Balaban J connectivity index is 1.96. The maximum Gasteiger partial charge on any atom is 0.121 e. The van der Waals surface area contributed by atoms with Crippen molar-refractivity contribution in [2.75, 3.05) is 7.11 Å². The Bertz CT molecular complexity index is 425. The van der Waals surface area contributed by atoms with Gasteiger partial charge in [-0.1, -0.05) is 38.8 Å². The molecule has 0 saturated heterocycles. The van der Waals surface area contributed by atoms with Crippen LogP contribution in [0, 0.1) is 12.3 Å². The summed E-state index contributed by atoms with van der Waals surface area (Å²) in [7, 11) is 1.73. The Labute approximate surface area is 117 Å². The average molecular weight is 261 g/mol. The number of nitrogens with one attached hydrogen (secondary N) is 1. The molecule has 1 unspecified atom stereocenters. The molecule has 1 aromatic carbocycles. The molecule has 2 heteroatoms. The van der Waals surface area contributed by atoms with E-state index < -0.39 is 0 Å². The van der Waals surface area contributed by atoms with Gasteiger partial charge in [-0.3, -0.25) is 0 Å². The van der Waals surface area contributed by atoms with Crippen LogP contribution in [0.3, 0.4) is 0 Å². The minimum absolute atomic E-state index is 0.430. The monoisotopic (exact) mass is 261 g/mol. The molecule has 0 heterocycles. The van der Waals surface area contributed by atoms with Gasteiger partial charge < -0.3 is 10.1 Å². The molecule has 1 atom stereocenters. The van der Waals surface area contributed by atoms with E-state index in [4.69, 9.17) is 4.74 Å². The van der Waals surface area contributed by atoms with E-state index in [1.165, 1.54) is 36.8 Å². The predicted octanol–water partition coefficient (Wildman–Crippen LogP) is 4.06. The van der Waals surface area contributed by atoms with Gasteiger partial charge in [-0.05, 0) is 42.4 Å². The Morgan fingerprint density at radius 2 is 2.11 bits per heavy atom. The highest BCUT2D eigenvalue weighted by atomic mass is 16.5. The lowest BCUT2D eigenvalue weighted by Gasteiger charge is -2.39. The van der Waals surface area contributed by atoms with Crippen molar-refractivity contribution in [1.82, 2.24) is 5.32 Å². The molecule has 106 valence electrons. The fourth-order valence-corrected chi connectivity index (χ4v) is 3.16. The van der Waals surface area contributed by atoms with Crippen LogP contribution in [0.15, 0.2) is 18.2 Å². The summed E-state index contributed by atoms with van der Waals surface area (Å²) >= 11 is 0. The third-order valence-corrected chi connectivity index (χ3v) is 4.52. The highest BCUT2D eigenvalue weighted by Crippen LogP contribution is 2.35. The molecule has 1 fully saturated rings. The third kappa shape index (κ3) is 3.50. The fraction of sp³-hybridized carbons (Fsp3) is 0.647. The molecular formula is C17H27NO. The molecule has 1 aromatic rings. The first-order valence-corrected chi connectivity index (χ1v) is 7.40. The van der Waals surface area contributed by atoms with Gasteiger partial charge in [-0.2, -0.15) is 0 Å². The number of hydrogen-bond donors (Lipinski definition) is 1. The van der Waals surface area contributed by atoms with Gasteiger partial charge in [0, 0.05) is 12.6 Å². The van der Waals surface area contributed by atoms with Crippen molar-refractivity contribution in [2.45, 2.75) is 59.0 Å². The highest BCUT2D eigenvalue weighted by molar-refractivity contribution is 5.36. The lowest BCUT2D eigenvalue weighted by molar-refractivity contribution is 0.167. The number of hydrogen-bond acceptors (Lipinski definition) is 2. The third-order valence-electron chi connectivity index (χ3n) is 4.52. The molecule has 0 amide bonds. The lowest BCUT2D eigenvalue weighted by Crippen LogP contribution is -2.43. The molecule has 1 saturated carbocycles. The number of methoxy groups -OCH3 is 1. The molecule has 0 spiro atoms. The lowest BCUT2D eigenvalue weighted by atomic mass is 9.73. The number of aryl methyl sites for hydroxylation is 1. The van der Waals surface area contributed by atoms with Crippen molar-refractivity contribution in [3.63, 3.8) is 0 Å². The average Bonchev–Trinajstić information content (AvgIpc) is 2.37. The van der Waals surface area contributed by atoms with Gasteiger partial charge in [0.25, 0.3) is 0 Å². The maximum absolute atomic E-state index is 5.31. The first-order valence-electron chi connectivity index (χ1n) is 7.40. The molecule has 0 radical (unpaired) electrons. The fourth-order valence-electron chi connectivity index (χ4n) is 3.16. The van der Waals surface area contributed by atoms with Crippen LogP contribution in [-0.4, -0.2) is 13.2 Å². The molecular weight excluding hydrogens is 234 g/mol. The van der Waals surface area contributed by atoms with Gasteiger partial charge in [0.2, 0.25) is 0 Å². The number of rotatable bonds is 4. The van der Waals surface area contributed by atoms with Crippen molar-refractivity contribution < 1.29 is 4.74 Å². The van der Waals surface area contributed by atoms with Crippen LogP contribution in [0.2, 0.25) is 0 Å². The molecule has 2 nitrogen and oxygen atoms in total. The number of ether oxygens (including phenoxy) is 1. The van der Waals surface area contributed by atoms with Crippen molar-refractivity contribution in [2.24, 2.45) is 5.41 Å². The molecule has 0 aromatic heterocycles. The largest absolute Gasteiger partial charge is 0.496 e. The molecule has 1 N–H and O–H groups in total. The minimum Gasteiger partial charge on any atom is -0.496 e. The first kappa shape index (κ1) is 14.4. The molecule has 1 aliphatic carbocycles. The van der Waals surface area contributed by atoms with E-state index in [1.807, 2.05) is 0 Å². The Morgan fingerprint density at radius 1 is 1.32 bits per heavy atom. The van der Waals surface area contributed by atoms with Crippen LogP contribution in [-0.2, 0) is 6.54 Å². The van der Waals surface area contributed by atoms with Crippen LogP contribution in [0.1, 0.15) is 50.7 Å². The zero-order valence-electron chi connectivity index (χ0n) is 12.8. The van der Waals surface area contributed by atoms with Crippen molar-refractivity contribution in [3.8, 4) is 5.75 Å². The van der Waals surface area contributed by atoms with Crippen LogP contribution in [0.5, 0.6) is 5.75 Å². The zero-order valence-corrected chi connectivity index (χ0v) is 12.8. The van der Waals surface area contributed by atoms with Gasteiger partial charge in [-0.15, -0.1) is 0 Å². The smallest absolute Gasteiger partial charge is 0.121 e. The Kier molecular flexibility index (Phi) is 4.51. The molecule has 0 aliphatic heterocycles. The molecule has 19 heavy (non-hydrogen) atoms. The van der Waals surface area contributed by atoms with E-state index in [9.17, 15) is 0 Å². The first-order chi connectivity index (χ1) is 9.03. The summed E-state index contributed by atoms with van der Waals surface area (Å²) in [5.74, 6) is 0.974. The predicted molar refractivity (Wildman–Crippen MR) is 80.6 cm³/mol. The van der Waals surface area contributed by atoms with Crippen molar-refractivity contribution in [3.05, 3.63) is 29.3 Å². The van der Waals surface area contributed by atoms with Crippen LogP contribution < -0.4 is 10.1 Å². The second-order valence-electron chi connectivity index (χ2n) is 6.47. The molecule has 2 rings (SSSR count). The number of benzene rings is 1. The summed E-state index contributed by atoms with van der Waals surface area (Å²) < 4.78 is 5.31. The summed E-state index contributed by atoms with van der Waals surface area (Å²) in [6, 6.07) is 7.10. The summed E-state index contributed by atoms with van der Waals surface area (Å²) in [5.41, 5.74) is 2.99. The SMILES string of the molecule is COc1ccc(CNC2CCCCC2(C)C)cc1C. The topological polar surface area (TPSA) is 21.3 Å². The van der Waals surface area contributed by atoms with Gasteiger partial charge in [0.05, 0.1) is 7.11 Å². The Hall–Kier alpha value is -1.02. The second kappa shape index (κ2) is 5.96.